The third-order valence-electron chi connectivity index (χ3n) is 2.62. The molecule has 0 saturated carbocycles. The van der Waals surface area contributed by atoms with E-state index in [2.05, 4.69) is 29.7 Å². The zero-order valence-corrected chi connectivity index (χ0v) is 11.8. The molecule has 1 unspecified atom stereocenters. The van der Waals surface area contributed by atoms with Crippen LogP contribution in [-0.2, 0) is 0 Å². The van der Waals surface area contributed by atoms with E-state index < -0.39 is 0 Å². The number of aromatic nitrogens is 1. The Morgan fingerprint density at radius 2 is 2.00 bits per heavy atom. The molecule has 18 heavy (non-hydrogen) atoms. The summed E-state index contributed by atoms with van der Waals surface area (Å²) in [5, 5.41) is 1.49. The van der Waals surface area contributed by atoms with Gasteiger partial charge in [-0.05, 0) is 23.8 Å². The van der Waals surface area contributed by atoms with Crippen LogP contribution in [0, 0.1) is 6.07 Å². The highest BCUT2D eigenvalue weighted by atomic mass is 35.5. The summed E-state index contributed by atoms with van der Waals surface area (Å²) in [5.41, 5.74) is 1.96. The Bertz CT molecular complexity index is 660. The summed E-state index contributed by atoms with van der Waals surface area (Å²) in [6.45, 7) is 0. The lowest BCUT2D eigenvalue weighted by Crippen LogP contribution is -1.92. The van der Waals surface area contributed by atoms with Crippen molar-refractivity contribution in [2.45, 2.75) is 5.25 Å². The number of fused-ring (bicyclic) bond motifs is 1. The molecule has 4 heteroatoms. The molecule has 1 heterocycles. The van der Waals surface area contributed by atoms with Gasteiger partial charge in [0.05, 0.1) is 15.5 Å². The van der Waals surface area contributed by atoms with Gasteiger partial charge in [-0.25, -0.2) is 4.98 Å². The van der Waals surface area contributed by atoms with Crippen LogP contribution in [0.2, 0.25) is 5.02 Å². The number of nitrogens with zero attached hydrogens (tertiary/aromatic N) is 1. The van der Waals surface area contributed by atoms with Gasteiger partial charge in [0.15, 0.2) is 0 Å². The van der Waals surface area contributed by atoms with E-state index in [1.807, 2.05) is 36.4 Å². The zero-order chi connectivity index (χ0) is 12.5. The number of para-hydroxylation sites is 1. The minimum absolute atomic E-state index is 0.0823. The first-order valence-corrected chi connectivity index (χ1v) is 7.16. The Morgan fingerprint density at radius 1 is 1.17 bits per heavy atom. The topological polar surface area (TPSA) is 12.9 Å². The van der Waals surface area contributed by atoms with Crippen molar-refractivity contribution in [1.29, 1.82) is 0 Å². The minimum Gasteiger partial charge on any atom is -0.240 e. The molecule has 89 valence electrons. The van der Waals surface area contributed by atoms with Gasteiger partial charge in [0.2, 0.25) is 0 Å². The van der Waals surface area contributed by atoms with Crippen LogP contribution in [0.15, 0.2) is 42.5 Å². The average Bonchev–Trinajstić information content (AvgIpc) is 2.81. The summed E-state index contributed by atoms with van der Waals surface area (Å²) in [6, 6.07) is 16.9. The van der Waals surface area contributed by atoms with E-state index in [0.717, 1.165) is 16.1 Å². The van der Waals surface area contributed by atoms with Crippen LogP contribution in [0.3, 0.4) is 0 Å². The van der Waals surface area contributed by atoms with Crippen LogP contribution in [0.5, 0.6) is 0 Å². The summed E-state index contributed by atoms with van der Waals surface area (Å²) in [7, 11) is 0. The first kappa shape index (κ1) is 12.0. The lowest BCUT2D eigenvalue weighted by molar-refractivity contribution is 1.13. The number of thiazole rings is 1. The van der Waals surface area contributed by atoms with E-state index in [1.165, 1.54) is 4.70 Å². The molecular formula is C14H9ClNS2. The molecule has 0 fully saturated rings. The second kappa shape index (κ2) is 4.92. The smallest absolute Gasteiger partial charge is 0.111 e. The van der Waals surface area contributed by atoms with Gasteiger partial charge in [0.1, 0.15) is 5.01 Å². The predicted octanol–water partition coefficient (Wildman–Crippen LogP) is 4.77. The summed E-state index contributed by atoms with van der Waals surface area (Å²) >= 11 is 12.2. The molecule has 2 aromatic carbocycles. The third kappa shape index (κ3) is 2.26. The monoisotopic (exact) mass is 290 g/mol. The largest absolute Gasteiger partial charge is 0.240 e. The van der Waals surface area contributed by atoms with Crippen molar-refractivity contribution in [1.82, 2.24) is 4.98 Å². The Labute approximate surface area is 120 Å². The fourth-order valence-electron chi connectivity index (χ4n) is 1.76. The lowest BCUT2D eigenvalue weighted by Gasteiger charge is -2.07. The van der Waals surface area contributed by atoms with Gasteiger partial charge in [-0.1, -0.05) is 35.9 Å². The third-order valence-corrected chi connectivity index (χ3v) is 4.64. The molecule has 0 bridgehead atoms. The first-order chi connectivity index (χ1) is 8.74. The quantitative estimate of drug-likeness (QED) is 0.671. The molecule has 0 aliphatic rings. The van der Waals surface area contributed by atoms with E-state index in [-0.39, 0.29) is 5.25 Å². The number of hydrogen-bond donors (Lipinski definition) is 1. The number of hydrogen-bond acceptors (Lipinski definition) is 3. The Morgan fingerprint density at radius 3 is 2.78 bits per heavy atom. The van der Waals surface area contributed by atoms with Crippen LogP contribution < -0.4 is 0 Å². The van der Waals surface area contributed by atoms with Crippen molar-refractivity contribution in [2.75, 3.05) is 0 Å². The van der Waals surface area contributed by atoms with Crippen LogP contribution in [0.25, 0.3) is 10.2 Å². The molecular weight excluding hydrogens is 282 g/mol. The first-order valence-electron chi connectivity index (χ1n) is 5.45. The van der Waals surface area contributed by atoms with Crippen molar-refractivity contribution >= 4 is 45.8 Å². The molecule has 3 aromatic rings. The molecule has 1 nitrogen and oxygen atoms in total. The van der Waals surface area contributed by atoms with Crippen molar-refractivity contribution in [3.63, 3.8) is 0 Å². The fourth-order valence-corrected chi connectivity index (χ4v) is 3.28. The van der Waals surface area contributed by atoms with E-state index in [9.17, 15) is 0 Å². The summed E-state index contributed by atoms with van der Waals surface area (Å²) in [5.74, 6) is 0. The van der Waals surface area contributed by atoms with E-state index in [0.29, 0.717) is 5.02 Å². The molecule has 0 N–H and O–H groups in total. The van der Waals surface area contributed by atoms with Gasteiger partial charge in [-0.3, -0.25) is 0 Å². The van der Waals surface area contributed by atoms with Crippen LogP contribution in [0.4, 0.5) is 0 Å². The molecule has 1 atom stereocenters. The number of halogens is 1. The zero-order valence-electron chi connectivity index (χ0n) is 9.30. The van der Waals surface area contributed by atoms with Crippen molar-refractivity contribution < 1.29 is 0 Å². The summed E-state index contributed by atoms with van der Waals surface area (Å²) < 4.78 is 1.17. The molecule has 0 saturated heterocycles. The lowest BCUT2D eigenvalue weighted by atomic mass is 10.1. The van der Waals surface area contributed by atoms with E-state index in [1.54, 1.807) is 11.3 Å². The Hall–Kier alpha value is -1.03. The average molecular weight is 291 g/mol. The maximum absolute atomic E-state index is 5.95. The van der Waals surface area contributed by atoms with E-state index >= 15 is 0 Å². The van der Waals surface area contributed by atoms with Gasteiger partial charge in [0.25, 0.3) is 0 Å². The SMILES string of the molecule is SC(c1[c]c(Cl)ccc1)c1nc2ccccc2s1. The number of benzene rings is 2. The van der Waals surface area contributed by atoms with Crippen molar-refractivity contribution in [2.24, 2.45) is 0 Å². The Kier molecular flexibility index (Phi) is 3.29. The highest BCUT2D eigenvalue weighted by molar-refractivity contribution is 7.81. The van der Waals surface area contributed by atoms with Crippen LogP contribution in [0.1, 0.15) is 15.8 Å². The summed E-state index contributed by atoms with van der Waals surface area (Å²) in [4.78, 5) is 4.60. The normalized spacial score (nSPS) is 12.8. The predicted molar refractivity (Wildman–Crippen MR) is 80.7 cm³/mol. The van der Waals surface area contributed by atoms with E-state index in [4.69, 9.17) is 11.6 Å². The fraction of sp³-hybridized carbons (Fsp3) is 0.0714. The molecule has 1 radical (unpaired) electrons. The maximum Gasteiger partial charge on any atom is 0.111 e. The minimum atomic E-state index is -0.0823. The van der Waals surface area contributed by atoms with Gasteiger partial charge in [0, 0.05) is 11.1 Å². The van der Waals surface area contributed by atoms with Crippen LogP contribution in [-0.4, -0.2) is 4.98 Å². The molecule has 0 amide bonds. The molecule has 0 aliphatic heterocycles. The standard InChI is InChI=1S/C14H9ClNS2/c15-10-5-3-4-9(8-10)13(17)14-16-11-6-1-2-7-12(11)18-14/h1-7,13,17H. The molecule has 0 aliphatic carbocycles. The highest BCUT2D eigenvalue weighted by Crippen LogP contribution is 2.34. The second-order valence-electron chi connectivity index (χ2n) is 3.88. The van der Waals surface area contributed by atoms with Gasteiger partial charge >= 0.3 is 0 Å². The van der Waals surface area contributed by atoms with Crippen molar-refractivity contribution in [3.8, 4) is 0 Å². The second-order valence-corrected chi connectivity index (χ2v) is 5.86. The number of thiol groups is 1. The molecule has 3 rings (SSSR count). The molecule has 1 aromatic heterocycles. The van der Waals surface area contributed by atoms with Crippen LogP contribution >= 0.6 is 35.6 Å². The Balaban J connectivity index is 2.03. The highest BCUT2D eigenvalue weighted by Gasteiger charge is 2.14. The number of rotatable bonds is 2. The maximum atomic E-state index is 5.95. The van der Waals surface area contributed by atoms with Crippen molar-refractivity contribution in [3.05, 3.63) is 64.1 Å². The van der Waals surface area contributed by atoms with Gasteiger partial charge in [-0.2, -0.15) is 12.6 Å². The van der Waals surface area contributed by atoms with Gasteiger partial charge in [-0.15, -0.1) is 11.3 Å². The molecule has 0 spiro atoms. The van der Waals surface area contributed by atoms with Gasteiger partial charge < -0.3 is 0 Å². The summed E-state index contributed by atoms with van der Waals surface area (Å²) in [6.07, 6.45) is 0.